The zero-order valence-corrected chi connectivity index (χ0v) is 16.4. The summed E-state index contributed by atoms with van der Waals surface area (Å²) in [6, 6.07) is 6.72. The molecule has 2 nitrogen and oxygen atoms in total. The quantitative estimate of drug-likeness (QED) is 0.705. The lowest BCUT2D eigenvalue weighted by Crippen LogP contribution is -2.60. The summed E-state index contributed by atoms with van der Waals surface area (Å²) in [7, 11) is 1.75. The van der Waals surface area contributed by atoms with E-state index in [9.17, 15) is 4.79 Å². The van der Waals surface area contributed by atoms with Gasteiger partial charge in [-0.2, -0.15) is 0 Å². The fraction of sp³-hybridized carbons (Fsp3) is 0.625. The van der Waals surface area contributed by atoms with Gasteiger partial charge in [0.2, 0.25) is 0 Å². The Bertz CT molecular complexity index is 808. The first kappa shape index (κ1) is 16.6. The predicted octanol–water partition coefficient (Wildman–Crippen LogP) is 4.95. The second kappa shape index (κ2) is 5.24. The highest BCUT2D eigenvalue weighted by atomic mass is 16.5. The van der Waals surface area contributed by atoms with Gasteiger partial charge in [0.15, 0.2) is 0 Å². The first-order valence-corrected chi connectivity index (χ1v) is 10.3. The molecule has 1 aromatic carbocycles. The molecule has 1 aromatic rings. The Labute approximate surface area is 157 Å². The molecule has 4 unspecified atom stereocenters. The van der Waals surface area contributed by atoms with Crippen LogP contribution in [-0.4, -0.2) is 12.9 Å². The number of ether oxygens (including phenoxy) is 1. The van der Waals surface area contributed by atoms with E-state index in [1.54, 1.807) is 7.11 Å². The second-order valence-corrected chi connectivity index (χ2v) is 9.51. The summed E-state index contributed by atoms with van der Waals surface area (Å²) in [6.45, 7) is 6.47. The van der Waals surface area contributed by atoms with Crippen LogP contribution in [0.25, 0.3) is 0 Å². The molecule has 2 heteroatoms. The highest BCUT2D eigenvalue weighted by Crippen LogP contribution is 2.72. The predicted molar refractivity (Wildman–Crippen MR) is 103 cm³/mol. The number of hydrogen-bond donors (Lipinski definition) is 0. The number of benzene rings is 1. The van der Waals surface area contributed by atoms with Crippen LogP contribution in [-0.2, 0) is 16.6 Å². The zero-order chi connectivity index (χ0) is 18.3. The lowest BCUT2D eigenvalue weighted by molar-refractivity contribution is -0.146. The van der Waals surface area contributed by atoms with Crippen molar-refractivity contribution in [2.24, 2.45) is 35.0 Å². The highest BCUT2D eigenvalue weighted by Gasteiger charge is 2.69. The fourth-order valence-corrected chi connectivity index (χ4v) is 7.78. The highest BCUT2D eigenvalue weighted by molar-refractivity contribution is 5.84. The van der Waals surface area contributed by atoms with E-state index in [4.69, 9.17) is 4.74 Å². The van der Waals surface area contributed by atoms with Crippen LogP contribution in [0.5, 0.6) is 5.75 Å². The van der Waals surface area contributed by atoms with E-state index < -0.39 is 0 Å². The number of ketones is 1. The Balaban J connectivity index is 1.77. The van der Waals surface area contributed by atoms with Gasteiger partial charge in [-0.3, -0.25) is 4.79 Å². The van der Waals surface area contributed by atoms with Gasteiger partial charge in [0, 0.05) is 10.8 Å². The summed E-state index contributed by atoms with van der Waals surface area (Å²) >= 11 is 0. The van der Waals surface area contributed by atoms with Gasteiger partial charge in [-0.15, -0.1) is 0 Å². The molecular weight excluding hydrogens is 320 g/mol. The van der Waals surface area contributed by atoms with Crippen molar-refractivity contribution in [3.63, 3.8) is 0 Å². The Morgan fingerprint density at radius 2 is 2.12 bits per heavy atom. The first-order chi connectivity index (χ1) is 12.4. The van der Waals surface area contributed by atoms with Crippen LogP contribution < -0.4 is 4.74 Å². The molecule has 0 aliphatic heterocycles. The van der Waals surface area contributed by atoms with E-state index in [1.165, 1.54) is 30.4 Å². The van der Waals surface area contributed by atoms with Crippen LogP contribution in [0.15, 0.2) is 30.4 Å². The number of carbonyl (C=O) groups is 1. The smallest absolute Gasteiger partial charge is 0.136 e. The Hall–Kier alpha value is -1.57. The van der Waals surface area contributed by atoms with Gasteiger partial charge in [0.1, 0.15) is 11.5 Å². The standard InChI is InChI=1S/C24H30O2/c1-14-19-7-5-6-16-10-11-24(22(16)19)20-9-8-18(26-4)12-17(20)13-21(24)23(14,3)15(2)25/h5,7-9,12,14,16,19,21-22H,6,10-11,13H2,1-4H3/t14-,16?,19?,21+,22?,23-,24?/m1/s1. The van der Waals surface area contributed by atoms with Crippen LogP contribution in [0.2, 0.25) is 0 Å². The summed E-state index contributed by atoms with van der Waals surface area (Å²) in [5.74, 6) is 4.21. The molecule has 138 valence electrons. The van der Waals surface area contributed by atoms with Gasteiger partial charge in [-0.05, 0) is 85.5 Å². The minimum atomic E-state index is -0.246. The van der Waals surface area contributed by atoms with Crippen LogP contribution in [0.4, 0.5) is 0 Å². The average Bonchev–Trinajstić information content (AvgIpc) is 3.20. The van der Waals surface area contributed by atoms with E-state index in [1.807, 2.05) is 6.92 Å². The van der Waals surface area contributed by atoms with E-state index in [2.05, 4.69) is 44.2 Å². The molecule has 0 radical (unpaired) electrons. The number of allylic oxidation sites excluding steroid dienone is 2. The number of rotatable bonds is 2. The molecule has 5 rings (SSSR count). The van der Waals surface area contributed by atoms with E-state index in [0.29, 0.717) is 29.5 Å². The molecule has 0 amide bonds. The van der Waals surface area contributed by atoms with Gasteiger partial charge < -0.3 is 4.74 Å². The molecule has 7 atom stereocenters. The molecule has 0 heterocycles. The van der Waals surface area contributed by atoms with Crippen molar-refractivity contribution < 1.29 is 9.53 Å². The number of methoxy groups -OCH3 is 1. The third kappa shape index (κ3) is 1.72. The summed E-state index contributed by atoms with van der Waals surface area (Å²) in [4.78, 5) is 13.0. The largest absolute Gasteiger partial charge is 0.497 e. The summed E-state index contributed by atoms with van der Waals surface area (Å²) in [5, 5.41) is 0. The Kier molecular flexibility index (Phi) is 3.34. The maximum atomic E-state index is 13.0. The number of fused-ring (bicyclic) bond motifs is 1. The molecule has 0 saturated heterocycles. The van der Waals surface area contributed by atoms with Gasteiger partial charge in [0.25, 0.3) is 0 Å². The van der Waals surface area contributed by atoms with Crippen molar-refractivity contribution in [2.75, 3.05) is 7.11 Å². The number of carbonyl (C=O) groups excluding carboxylic acids is 1. The van der Waals surface area contributed by atoms with Crippen molar-refractivity contribution in [3.05, 3.63) is 41.5 Å². The maximum absolute atomic E-state index is 13.0. The van der Waals surface area contributed by atoms with Crippen molar-refractivity contribution >= 4 is 5.78 Å². The van der Waals surface area contributed by atoms with Crippen molar-refractivity contribution in [2.45, 2.75) is 51.9 Å². The molecule has 4 aliphatic rings. The maximum Gasteiger partial charge on any atom is 0.136 e. The van der Waals surface area contributed by atoms with Crippen LogP contribution in [0.1, 0.15) is 51.2 Å². The minimum Gasteiger partial charge on any atom is -0.497 e. The van der Waals surface area contributed by atoms with Gasteiger partial charge in [-0.25, -0.2) is 0 Å². The molecule has 1 spiro atoms. The summed E-state index contributed by atoms with van der Waals surface area (Å²) in [5.41, 5.74) is 2.92. The van der Waals surface area contributed by atoms with Crippen LogP contribution in [0, 0.1) is 35.0 Å². The molecular formula is C24H30O2. The third-order valence-electron chi connectivity index (χ3n) is 9.11. The molecule has 0 N–H and O–H groups in total. The number of Topliss-reactive ketones (excluding diaryl/α,β-unsaturated/α-hetero) is 1. The molecule has 4 aliphatic carbocycles. The SMILES string of the molecule is COc1ccc2c(c1)C[C@@H]1C23CCC2CC=CC(C23)[C@@H](C)[C@]1(C)C(C)=O. The number of hydrogen-bond acceptors (Lipinski definition) is 2. The normalized spacial score (nSPS) is 45.0. The zero-order valence-electron chi connectivity index (χ0n) is 16.4. The van der Waals surface area contributed by atoms with E-state index >= 15 is 0 Å². The lowest BCUT2D eigenvalue weighted by Gasteiger charge is -2.59. The Morgan fingerprint density at radius 1 is 1.31 bits per heavy atom. The monoisotopic (exact) mass is 350 g/mol. The first-order valence-electron chi connectivity index (χ1n) is 10.3. The second-order valence-electron chi connectivity index (χ2n) is 9.51. The molecule has 0 aromatic heterocycles. The van der Waals surface area contributed by atoms with Gasteiger partial charge >= 0.3 is 0 Å². The lowest BCUT2D eigenvalue weighted by atomic mass is 9.43. The topological polar surface area (TPSA) is 26.3 Å². The van der Waals surface area contributed by atoms with Gasteiger partial charge in [0.05, 0.1) is 7.11 Å². The molecule has 2 fully saturated rings. The fourth-order valence-electron chi connectivity index (χ4n) is 7.78. The van der Waals surface area contributed by atoms with Crippen LogP contribution in [0.3, 0.4) is 0 Å². The molecule has 26 heavy (non-hydrogen) atoms. The minimum absolute atomic E-state index is 0.189. The third-order valence-corrected chi connectivity index (χ3v) is 9.11. The van der Waals surface area contributed by atoms with Gasteiger partial charge in [-0.1, -0.05) is 32.1 Å². The molecule has 2 saturated carbocycles. The summed E-state index contributed by atoms with van der Waals surface area (Å²) in [6.07, 6.45) is 9.70. The average molecular weight is 351 g/mol. The van der Waals surface area contributed by atoms with E-state index in [0.717, 1.165) is 18.1 Å². The van der Waals surface area contributed by atoms with Crippen molar-refractivity contribution in [1.82, 2.24) is 0 Å². The summed E-state index contributed by atoms with van der Waals surface area (Å²) < 4.78 is 5.52. The van der Waals surface area contributed by atoms with Crippen LogP contribution >= 0.6 is 0 Å². The molecule has 0 bridgehead atoms. The van der Waals surface area contributed by atoms with E-state index in [-0.39, 0.29) is 10.8 Å². The van der Waals surface area contributed by atoms with Crippen molar-refractivity contribution in [1.29, 1.82) is 0 Å². The van der Waals surface area contributed by atoms with Crippen molar-refractivity contribution in [3.8, 4) is 5.75 Å². The Morgan fingerprint density at radius 3 is 2.85 bits per heavy atom.